The highest BCUT2D eigenvalue weighted by atomic mass is 16.2. The van der Waals surface area contributed by atoms with Crippen LogP contribution in [-0.2, 0) is 19.5 Å². The quantitative estimate of drug-likeness (QED) is 0.501. The van der Waals surface area contributed by atoms with Crippen molar-refractivity contribution in [2.24, 2.45) is 5.92 Å². The molecule has 3 aromatic rings. The van der Waals surface area contributed by atoms with Gasteiger partial charge in [-0.15, -0.1) is 0 Å². The molecule has 8 nitrogen and oxygen atoms in total. The molecule has 0 fully saturated rings. The first-order chi connectivity index (χ1) is 17.3. The molecular formula is C28H35N5O3. The number of unbranched alkanes of at least 4 members (excludes halogenated alkanes) is 1. The van der Waals surface area contributed by atoms with Gasteiger partial charge in [-0.2, -0.15) is 0 Å². The number of aromatic amines is 1. The van der Waals surface area contributed by atoms with Gasteiger partial charge < -0.3 is 15.5 Å². The van der Waals surface area contributed by atoms with E-state index in [1.165, 1.54) is 20.6 Å². The summed E-state index contributed by atoms with van der Waals surface area (Å²) in [6.07, 6.45) is 2.51. The summed E-state index contributed by atoms with van der Waals surface area (Å²) in [5.41, 5.74) is 9.36. The Kier molecular flexibility index (Phi) is 7.62. The number of nitrogens with one attached hydrogen (secondary N) is 1. The third-order valence-electron chi connectivity index (χ3n) is 6.62. The highest BCUT2D eigenvalue weighted by molar-refractivity contribution is 6.07. The summed E-state index contributed by atoms with van der Waals surface area (Å²) in [6, 6.07) is 16.0. The first-order valence-corrected chi connectivity index (χ1v) is 12.7. The van der Waals surface area contributed by atoms with Gasteiger partial charge in [-0.25, -0.2) is 4.79 Å². The molecule has 1 aromatic heterocycles. The number of fused-ring (bicyclic) bond motifs is 1. The van der Waals surface area contributed by atoms with Gasteiger partial charge in [0.2, 0.25) is 0 Å². The van der Waals surface area contributed by atoms with E-state index in [0.29, 0.717) is 25.1 Å². The van der Waals surface area contributed by atoms with E-state index in [4.69, 9.17) is 5.73 Å². The maximum Gasteiger partial charge on any atom is 0.330 e. The molecule has 8 heteroatoms. The lowest BCUT2D eigenvalue weighted by Gasteiger charge is -2.31. The number of nitrogen functional groups attached to an aromatic ring is 1. The molecule has 0 bridgehead atoms. The monoisotopic (exact) mass is 489 g/mol. The average Bonchev–Trinajstić information content (AvgIpc) is 2.87. The van der Waals surface area contributed by atoms with Crippen molar-refractivity contribution in [2.75, 3.05) is 28.6 Å². The summed E-state index contributed by atoms with van der Waals surface area (Å²) in [5.74, 6) is -0.158. The van der Waals surface area contributed by atoms with E-state index in [-0.39, 0.29) is 23.3 Å². The molecule has 0 spiro atoms. The summed E-state index contributed by atoms with van der Waals surface area (Å²) in [5, 5.41) is 0. The third kappa shape index (κ3) is 5.22. The number of hydrogen-bond acceptors (Lipinski definition) is 5. The Morgan fingerprint density at radius 3 is 2.44 bits per heavy atom. The topological polar surface area (TPSA) is 104 Å². The fraction of sp³-hybridized carbons (Fsp3) is 0.393. The molecule has 0 atom stereocenters. The van der Waals surface area contributed by atoms with Gasteiger partial charge in [-0.1, -0.05) is 51.5 Å². The number of aromatic nitrogens is 2. The highest BCUT2D eigenvalue weighted by Crippen LogP contribution is 2.26. The number of anilines is 3. The minimum atomic E-state index is -0.648. The van der Waals surface area contributed by atoms with Crippen molar-refractivity contribution >= 4 is 23.1 Å². The maximum atomic E-state index is 13.6. The van der Waals surface area contributed by atoms with Crippen molar-refractivity contribution in [3.63, 3.8) is 0 Å². The second kappa shape index (κ2) is 10.8. The molecule has 3 N–H and O–H groups in total. The lowest BCUT2D eigenvalue weighted by Crippen LogP contribution is -2.42. The molecular weight excluding hydrogens is 454 g/mol. The summed E-state index contributed by atoms with van der Waals surface area (Å²) >= 11 is 0. The van der Waals surface area contributed by atoms with Gasteiger partial charge in [-0.05, 0) is 54.2 Å². The SMILES string of the molecule is CCCCN(C(=O)c1ccc(N2CCc3ccccc3C2)cc1)c1c(N)n(CC(C)C)c(=O)[nH]c1=O. The van der Waals surface area contributed by atoms with Crippen LogP contribution >= 0.6 is 0 Å². The molecule has 2 heterocycles. The summed E-state index contributed by atoms with van der Waals surface area (Å²) < 4.78 is 1.34. The van der Waals surface area contributed by atoms with E-state index in [9.17, 15) is 14.4 Å². The number of carbonyl (C=O) groups excluding carboxylic acids is 1. The van der Waals surface area contributed by atoms with Crippen LogP contribution in [0.25, 0.3) is 0 Å². The number of amides is 1. The Labute approximate surface area is 211 Å². The molecule has 4 rings (SSSR count). The smallest absolute Gasteiger partial charge is 0.330 e. The van der Waals surface area contributed by atoms with Crippen LogP contribution < -0.4 is 26.8 Å². The fourth-order valence-electron chi connectivity index (χ4n) is 4.70. The van der Waals surface area contributed by atoms with Crippen LogP contribution in [-0.4, -0.2) is 28.5 Å². The number of carbonyl (C=O) groups is 1. The number of nitrogens with zero attached hydrogens (tertiary/aromatic N) is 3. The lowest BCUT2D eigenvalue weighted by atomic mass is 9.99. The van der Waals surface area contributed by atoms with Crippen molar-refractivity contribution in [1.29, 1.82) is 0 Å². The van der Waals surface area contributed by atoms with E-state index in [1.54, 1.807) is 12.1 Å². The van der Waals surface area contributed by atoms with Crippen molar-refractivity contribution in [3.8, 4) is 0 Å². The number of rotatable bonds is 8. The summed E-state index contributed by atoms with van der Waals surface area (Å²) in [4.78, 5) is 45.0. The predicted molar refractivity (Wildman–Crippen MR) is 145 cm³/mol. The second-order valence-corrected chi connectivity index (χ2v) is 9.80. The first-order valence-electron chi connectivity index (χ1n) is 12.7. The Morgan fingerprint density at radius 1 is 1.08 bits per heavy atom. The Bertz CT molecular complexity index is 1340. The number of H-pyrrole nitrogens is 1. The van der Waals surface area contributed by atoms with Crippen LogP contribution in [0.2, 0.25) is 0 Å². The van der Waals surface area contributed by atoms with Crippen molar-refractivity contribution in [1.82, 2.24) is 9.55 Å². The molecule has 190 valence electrons. The van der Waals surface area contributed by atoms with Crippen LogP contribution in [0, 0.1) is 5.92 Å². The van der Waals surface area contributed by atoms with Gasteiger partial charge in [0.1, 0.15) is 5.82 Å². The number of nitrogens with two attached hydrogens (primary N) is 1. The van der Waals surface area contributed by atoms with Crippen molar-refractivity contribution in [3.05, 3.63) is 86.1 Å². The Balaban J connectivity index is 1.63. The molecule has 1 amide bonds. The zero-order valence-corrected chi connectivity index (χ0v) is 21.3. The normalized spacial score (nSPS) is 13.1. The third-order valence-corrected chi connectivity index (χ3v) is 6.62. The van der Waals surface area contributed by atoms with Gasteiger partial charge in [0.05, 0.1) is 0 Å². The molecule has 0 aliphatic carbocycles. The molecule has 0 radical (unpaired) electrons. The molecule has 0 unspecified atom stereocenters. The van der Waals surface area contributed by atoms with Gasteiger partial charge in [0.25, 0.3) is 11.5 Å². The standard InChI is InChI=1S/C28H35N5O3/c1-4-5-15-32(24-25(29)33(17-19(2)3)28(36)30-26(24)34)27(35)21-10-12-23(13-11-21)31-16-14-20-8-6-7-9-22(20)18-31/h6-13,19H,4-5,14-18,29H2,1-3H3,(H,30,34,36). The summed E-state index contributed by atoms with van der Waals surface area (Å²) in [7, 11) is 0. The van der Waals surface area contributed by atoms with Crippen LogP contribution in [0.5, 0.6) is 0 Å². The minimum absolute atomic E-state index is 0.0190. The zero-order chi connectivity index (χ0) is 25.8. The van der Waals surface area contributed by atoms with Crippen molar-refractivity contribution < 1.29 is 4.79 Å². The van der Waals surface area contributed by atoms with E-state index < -0.39 is 11.2 Å². The first kappa shape index (κ1) is 25.3. The van der Waals surface area contributed by atoms with Crippen LogP contribution in [0.3, 0.4) is 0 Å². The molecule has 1 aliphatic heterocycles. The van der Waals surface area contributed by atoms with E-state index >= 15 is 0 Å². The number of benzene rings is 2. The van der Waals surface area contributed by atoms with Crippen LogP contribution in [0.4, 0.5) is 17.2 Å². The predicted octanol–water partition coefficient (Wildman–Crippen LogP) is 3.78. The number of hydrogen-bond donors (Lipinski definition) is 2. The molecule has 0 saturated carbocycles. The Hall–Kier alpha value is -3.81. The Morgan fingerprint density at radius 2 is 1.78 bits per heavy atom. The summed E-state index contributed by atoms with van der Waals surface area (Å²) in [6.45, 7) is 8.34. The second-order valence-electron chi connectivity index (χ2n) is 9.80. The average molecular weight is 490 g/mol. The largest absolute Gasteiger partial charge is 0.383 e. The minimum Gasteiger partial charge on any atom is -0.383 e. The zero-order valence-electron chi connectivity index (χ0n) is 21.3. The molecule has 36 heavy (non-hydrogen) atoms. The van der Waals surface area contributed by atoms with Crippen molar-refractivity contribution in [2.45, 2.75) is 53.1 Å². The van der Waals surface area contributed by atoms with Gasteiger partial charge in [-0.3, -0.25) is 19.1 Å². The van der Waals surface area contributed by atoms with E-state index in [0.717, 1.165) is 31.6 Å². The lowest BCUT2D eigenvalue weighted by molar-refractivity contribution is 0.0986. The van der Waals surface area contributed by atoms with E-state index in [1.807, 2.05) is 32.9 Å². The van der Waals surface area contributed by atoms with Gasteiger partial charge >= 0.3 is 5.69 Å². The van der Waals surface area contributed by atoms with Crippen LogP contribution in [0.1, 0.15) is 55.1 Å². The maximum absolute atomic E-state index is 13.6. The van der Waals surface area contributed by atoms with E-state index in [2.05, 4.69) is 34.1 Å². The van der Waals surface area contributed by atoms with Crippen LogP contribution in [0.15, 0.2) is 58.1 Å². The van der Waals surface area contributed by atoms with Gasteiger partial charge in [0, 0.05) is 37.4 Å². The molecule has 0 saturated heterocycles. The van der Waals surface area contributed by atoms with Gasteiger partial charge in [0.15, 0.2) is 5.69 Å². The fourth-order valence-corrected chi connectivity index (χ4v) is 4.70. The molecule has 2 aromatic carbocycles. The highest BCUT2D eigenvalue weighted by Gasteiger charge is 2.25. The molecule has 1 aliphatic rings.